The van der Waals surface area contributed by atoms with E-state index in [0.717, 1.165) is 154 Å². The molecule has 716 valence electrons. The molecule has 0 spiro atoms. The molecule has 0 aliphatic rings. The number of hydrogen-bond acceptors (Lipinski definition) is 14. The summed E-state index contributed by atoms with van der Waals surface area (Å²) < 4.78 is 61.6. The molecule has 0 rings (SSSR count). The van der Waals surface area contributed by atoms with Gasteiger partial charge in [-0.2, -0.15) is 0 Å². The van der Waals surface area contributed by atoms with Gasteiger partial charge < -0.3 is 34.2 Å². The Morgan fingerprint density at radius 1 is 0.232 bits per heavy atom. The van der Waals surface area contributed by atoms with Crippen LogP contribution in [-0.4, -0.2) is 95.9 Å². The number of rotatable bonds is 94. The van der Waals surface area contributed by atoms with Gasteiger partial charge in [0, 0.05) is 19.3 Å². The van der Waals surface area contributed by atoms with E-state index < -0.39 is 91.5 Å². The molecule has 0 heterocycles. The fourth-order valence-corrected chi connectivity index (χ4v) is 15.2. The number of carbonyl (C=O) groups is 3. The summed E-state index contributed by atoms with van der Waals surface area (Å²) >= 11 is 0. The fraction of sp³-hybridized carbons (Fsp3) is 0.692. The Morgan fingerprint density at radius 3 is 0.672 bits per heavy atom. The van der Waals surface area contributed by atoms with Crippen LogP contribution in [0.1, 0.15) is 419 Å². The van der Waals surface area contributed by atoms with Crippen LogP contribution in [0, 0.1) is 0 Å². The third kappa shape index (κ3) is 99.1. The molecule has 0 saturated carbocycles. The molecule has 0 aliphatic carbocycles. The van der Waals surface area contributed by atoms with Gasteiger partial charge in [0.15, 0.2) is 6.10 Å². The zero-order chi connectivity index (χ0) is 90.7. The lowest BCUT2D eigenvalue weighted by molar-refractivity contribution is -0.161. The summed E-state index contributed by atoms with van der Waals surface area (Å²) in [6, 6.07) is 0. The van der Waals surface area contributed by atoms with E-state index in [9.17, 15) is 43.5 Å². The van der Waals surface area contributed by atoms with Crippen molar-refractivity contribution in [1.29, 1.82) is 0 Å². The number of allylic oxidation sites excluding steroid dienone is 30. The third-order valence-electron chi connectivity index (χ3n) is 21.1. The zero-order valence-electron chi connectivity index (χ0n) is 79.2. The SMILES string of the molecule is CC/C=C\C/C=C\C/C=C\C/C=C\C/C=C\C/C=C\CCCCCCC(=O)OC(COC(=O)CCCCCCCCCCCCCCCCCCC/C=C\C/C=C\C/C=C\C/C=C\CCCCC)COP(=O)(O)OCC(O)COP(=O)(O)OCC(O)COC(=O)CCCCCCCCCCCCCCCCCCC/C=C\C/C=C\C/C=C\C/C=C\C/C=C\CC. The maximum absolute atomic E-state index is 13.1. The van der Waals surface area contributed by atoms with Gasteiger partial charge in [-0.3, -0.25) is 32.5 Å². The number of esters is 3. The van der Waals surface area contributed by atoms with E-state index in [2.05, 4.69) is 203 Å². The van der Waals surface area contributed by atoms with E-state index >= 15 is 0 Å². The van der Waals surface area contributed by atoms with Crippen LogP contribution in [0.25, 0.3) is 0 Å². The van der Waals surface area contributed by atoms with Gasteiger partial charge in [0.05, 0.1) is 26.4 Å². The van der Waals surface area contributed by atoms with Crippen molar-refractivity contribution >= 4 is 33.6 Å². The summed E-state index contributed by atoms with van der Waals surface area (Å²) in [6.45, 7) is 2.45. The quantitative estimate of drug-likeness (QED) is 0.0146. The van der Waals surface area contributed by atoms with Gasteiger partial charge in [0.1, 0.15) is 25.4 Å². The lowest BCUT2D eigenvalue weighted by atomic mass is 10.0. The minimum Gasteiger partial charge on any atom is -0.463 e. The first kappa shape index (κ1) is 120. The van der Waals surface area contributed by atoms with Crippen LogP contribution in [-0.2, 0) is 55.8 Å². The fourth-order valence-electron chi connectivity index (χ4n) is 13.6. The summed E-state index contributed by atoms with van der Waals surface area (Å²) in [5.41, 5.74) is 0. The Hall–Kier alpha value is -5.35. The average molecular weight is 1790 g/mol. The van der Waals surface area contributed by atoms with E-state index in [4.69, 9.17) is 32.3 Å². The largest absolute Gasteiger partial charge is 0.472 e. The zero-order valence-corrected chi connectivity index (χ0v) is 81.0. The minimum atomic E-state index is -4.96. The molecule has 0 aromatic rings. The van der Waals surface area contributed by atoms with Gasteiger partial charge >= 0.3 is 33.6 Å². The standard InChI is InChI=1S/C107H182O16P2/c1-4-7-10-13-16-19-22-25-28-31-34-37-40-42-44-46-48-50-52-54-56-58-61-63-66-69-72-75-78-81-84-87-90-93-105(110)117-96-102(108)97-119-124(113,114)120-98-103(109)99-121-125(115,116)122-101-104(123-107(112)95-92-89-86-83-80-77-74-71-68-65-60-39-36-33-30-27-24-21-18-15-12-9-6-3)100-118-106(111)94-91-88-85-82-79-76-73-70-67-64-62-59-57-55-53-51-49-47-45-43-41-38-35-32-29-26-23-20-17-14-11-8-5-2/h7,9-10,12,16-21,25-30,34-39,42-45,65,68,74,77,102-104,108-109H,4-6,8,11,13-15,22-24,31-33,40-41,46-64,66-67,69-73,75-76,78-101H2,1-3H3,(H,113,114)(H,115,116)/b10-7-,12-9-,19-16-,20-17-,21-18-,28-25-,29-26-,30-27-,37-34-,38-35-,39-36-,44-42-,45-43-,68-65-,77-74-. The summed E-state index contributed by atoms with van der Waals surface area (Å²) in [7, 11) is -9.83. The molecule has 5 unspecified atom stereocenters. The first-order valence-corrected chi connectivity index (χ1v) is 53.1. The molecule has 18 heteroatoms. The topological polar surface area (TPSA) is 231 Å². The van der Waals surface area contributed by atoms with Crippen molar-refractivity contribution in [1.82, 2.24) is 0 Å². The number of unbranched alkanes of at least 4 members (excludes halogenated alkanes) is 41. The molecule has 0 bridgehead atoms. The maximum atomic E-state index is 13.1. The first-order chi connectivity index (χ1) is 61.2. The van der Waals surface area contributed by atoms with Crippen molar-refractivity contribution in [3.05, 3.63) is 182 Å². The Labute approximate surface area is 764 Å². The summed E-state index contributed by atoms with van der Waals surface area (Å²) in [4.78, 5) is 59.1. The highest BCUT2D eigenvalue weighted by atomic mass is 31.2. The summed E-state index contributed by atoms with van der Waals surface area (Å²) in [5.74, 6) is -1.59. The van der Waals surface area contributed by atoms with Crippen LogP contribution in [0.3, 0.4) is 0 Å². The van der Waals surface area contributed by atoms with E-state index in [1.807, 2.05) is 0 Å². The van der Waals surface area contributed by atoms with Gasteiger partial charge in [-0.15, -0.1) is 0 Å². The second kappa shape index (κ2) is 97.7. The Morgan fingerprint density at radius 2 is 0.424 bits per heavy atom. The molecule has 0 saturated heterocycles. The monoisotopic (exact) mass is 1790 g/mol. The second-order valence-corrected chi connectivity index (χ2v) is 36.1. The summed E-state index contributed by atoms with van der Waals surface area (Å²) in [5, 5.41) is 20.8. The smallest absolute Gasteiger partial charge is 0.463 e. The normalized spacial score (nSPS) is 14.5. The van der Waals surface area contributed by atoms with Crippen LogP contribution >= 0.6 is 15.6 Å². The number of phosphoric ester groups is 2. The molecule has 0 aliphatic heterocycles. The molecule has 5 atom stereocenters. The van der Waals surface area contributed by atoms with Crippen LogP contribution < -0.4 is 0 Å². The number of aliphatic hydroxyl groups is 2. The lowest BCUT2D eigenvalue weighted by Gasteiger charge is -2.21. The highest BCUT2D eigenvalue weighted by Gasteiger charge is 2.30. The van der Waals surface area contributed by atoms with Gasteiger partial charge in [-0.05, 0) is 161 Å². The highest BCUT2D eigenvalue weighted by molar-refractivity contribution is 7.47. The molecule has 0 aromatic carbocycles. The molecule has 4 N–H and O–H groups in total. The van der Waals surface area contributed by atoms with Crippen molar-refractivity contribution < 1.29 is 75.8 Å². The Bertz CT molecular complexity index is 3000. The number of aliphatic hydroxyl groups excluding tert-OH is 2. The van der Waals surface area contributed by atoms with Crippen LogP contribution in [0.5, 0.6) is 0 Å². The van der Waals surface area contributed by atoms with E-state index in [-0.39, 0.29) is 19.3 Å². The predicted molar refractivity (Wildman–Crippen MR) is 528 cm³/mol. The highest BCUT2D eigenvalue weighted by Crippen LogP contribution is 2.45. The molecule has 0 aromatic heterocycles. The number of phosphoric acid groups is 2. The van der Waals surface area contributed by atoms with E-state index in [1.54, 1.807) is 0 Å². The molecule has 0 fully saturated rings. The second-order valence-electron chi connectivity index (χ2n) is 33.2. The lowest BCUT2D eigenvalue weighted by Crippen LogP contribution is -2.30. The minimum absolute atomic E-state index is 0.0711. The van der Waals surface area contributed by atoms with Crippen molar-refractivity contribution in [2.75, 3.05) is 39.6 Å². The van der Waals surface area contributed by atoms with Gasteiger partial charge in [0.25, 0.3) is 0 Å². The number of hydrogen-bond donors (Lipinski definition) is 4. The Balaban J connectivity index is 4.59. The van der Waals surface area contributed by atoms with Gasteiger partial charge in [-0.1, -0.05) is 421 Å². The molecule has 0 radical (unpaired) electrons. The average Bonchev–Trinajstić information content (AvgIpc) is 0.901. The maximum Gasteiger partial charge on any atom is 0.472 e. The Kier molecular flexibility index (Phi) is 93.5. The van der Waals surface area contributed by atoms with Crippen molar-refractivity contribution in [3.63, 3.8) is 0 Å². The van der Waals surface area contributed by atoms with E-state index in [0.29, 0.717) is 19.3 Å². The van der Waals surface area contributed by atoms with Crippen molar-refractivity contribution in [2.45, 2.75) is 437 Å². The number of carbonyl (C=O) groups excluding carboxylic acids is 3. The van der Waals surface area contributed by atoms with Crippen LogP contribution in [0.4, 0.5) is 0 Å². The molecule has 125 heavy (non-hydrogen) atoms. The summed E-state index contributed by atoms with van der Waals surface area (Å²) in [6.07, 6.45) is 130. The van der Waals surface area contributed by atoms with Crippen molar-refractivity contribution in [3.8, 4) is 0 Å². The van der Waals surface area contributed by atoms with Crippen LogP contribution in [0.15, 0.2) is 182 Å². The van der Waals surface area contributed by atoms with Gasteiger partial charge in [0.2, 0.25) is 0 Å². The third-order valence-corrected chi connectivity index (χ3v) is 23.0. The van der Waals surface area contributed by atoms with Crippen molar-refractivity contribution in [2.24, 2.45) is 0 Å². The molecule has 0 amide bonds. The number of ether oxygens (including phenoxy) is 3. The molecule has 16 nitrogen and oxygen atoms in total. The molecular formula is C107H182O16P2. The van der Waals surface area contributed by atoms with Gasteiger partial charge in [-0.25, -0.2) is 9.13 Å². The first-order valence-electron chi connectivity index (χ1n) is 50.1. The van der Waals surface area contributed by atoms with E-state index in [1.165, 1.54) is 205 Å². The van der Waals surface area contributed by atoms with Crippen LogP contribution in [0.2, 0.25) is 0 Å². The molecular weight excluding hydrogens is 1600 g/mol. The predicted octanol–water partition coefficient (Wildman–Crippen LogP) is 31.6.